The van der Waals surface area contributed by atoms with E-state index in [0.717, 1.165) is 123 Å². The molecule has 3 aliphatic carbocycles. The number of hydrogen-bond donors (Lipinski definition) is 6. The zero-order chi connectivity index (χ0) is 49.6. The van der Waals surface area contributed by atoms with Gasteiger partial charge in [-0.15, -0.1) is 0 Å². The van der Waals surface area contributed by atoms with Crippen LogP contribution in [0.15, 0.2) is 72.8 Å². The van der Waals surface area contributed by atoms with Crippen LogP contribution in [0, 0.1) is 0 Å². The molecule has 6 aliphatic heterocycles. The van der Waals surface area contributed by atoms with Crippen molar-refractivity contribution in [3.63, 3.8) is 0 Å². The van der Waals surface area contributed by atoms with Gasteiger partial charge in [0.2, 0.25) is 0 Å². The normalized spacial score (nSPS) is 23.8. The van der Waals surface area contributed by atoms with Gasteiger partial charge in [0.05, 0.1) is 42.7 Å². The second-order valence-corrected chi connectivity index (χ2v) is 20.7. The van der Waals surface area contributed by atoms with Crippen molar-refractivity contribution in [2.24, 2.45) is 0 Å². The van der Waals surface area contributed by atoms with Crippen molar-refractivity contribution in [1.82, 2.24) is 31.9 Å². The average molecular weight is 979 g/mol. The van der Waals surface area contributed by atoms with E-state index in [2.05, 4.69) is 105 Å². The average Bonchev–Trinajstić information content (AvgIpc) is 3.42. The van der Waals surface area contributed by atoms with Crippen molar-refractivity contribution in [1.29, 1.82) is 0 Å². The predicted octanol–water partition coefficient (Wildman–Crippen LogP) is 10.1. The zero-order valence-corrected chi connectivity index (χ0v) is 43.6. The molecule has 3 saturated carbocycles. The first-order chi connectivity index (χ1) is 35.4. The first-order valence-corrected chi connectivity index (χ1v) is 26.8. The van der Waals surface area contributed by atoms with Crippen LogP contribution in [0.4, 0.5) is 0 Å². The van der Waals surface area contributed by atoms with E-state index < -0.39 is 0 Å². The number of nitrogens with one attached hydrogen (secondary N) is 6. The van der Waals surface area contributed by atoms with Gasteiger partial charge in [0.15, 0.2) is 0 Å². The second-order valence-electron chi connectivity index (χ2n) is 20.7. The van der Waals surface area contributed by atoms with Crippen LogP contribution in [0.1, 0.15) is 110 Å². The number of methoxy groups -OCH3 is 6. The largest absolute Gasteiger partial charge is 0.496 e. The molecule has 0 unspecified atom stereocenters. The Hall–Kier alpha value is -5.34. The highest BCUT2D eigenvalue weighted by Gasteiger charge is 2.29. The Labute approximate surface area is 426 Å². The van der Waals surface area contributed by atoms with Crippen LogP contribution in [-0.4, -0.2) is 78.9 Å². The van der Waals surface area contributed by atoms with Crippen LogP contribution in [0.3, 0.4) is 0 Å². The summed E-state index contributed by atoms with van der Waals surface area (Å²) in [6.45, 7) is 4.17. The summed E-state index contributed by atoms with van der Waals surface area (Å²) in [6.07, 6.45) is 13.8. The molecule has 6 heterocycles. The summed E-state index contributed by atoms with van der Waals surface area (Å²) in [7, 11) is 10.7. The van der Waals surface area contributed by atoms with Crippen molar-refractivity contribution in [3.8, 4) is 34.5 Å². The van der Waals surface area contributed by atoms with E-state index in [9.17, 15) is 0 Å². The molecule has 6 aromatic rings. The van der Waals surface area contributed by atoms with Gasteiger partial charge in [0.25, 0.3) is 0 Å². The summed E-state index contributed by atoms with van der Waals surface area (Å²) in [5.74, 6) is 5.32. The lowest BCUT2D eigenvalue weighted by Crippen LogP contribution is -2.49. The lowest BCUT2D eigenvalue weighted by atomic mass is 9.89. The highest BCUT2D eigenvalue weighted by molar-refractivity contribution is 5.92. The summed E-state index contributed by atoms with van der Waals surface area (Å²) < 4.78 is 36.7. The van der Waals surface area contributed by atoms with Crippen LogP contribution in [0.5, 0.6) is 34.5 Å². The van der Waals surface area contributed by atoms with Crippen molar-refractivity contribution < 1.29 is 28.4 Å². The molecule has 0 aromatic heterocycles. The molecule has 3 fully saturated rings. The van der Waals surface area contributed by atoms with Gasteiger partial charge in [0.1, 0.15) is 34.5 Å². The predicted molar refractivity (Wildman–Crippen MR) is 290 cm³/mol. The molecule has 72 heavy (non-hydrogen) atoms. The fraction of sp³-hybridized carbons (Fsp3) is 0.500. The van der Waals surface area contributed by atoms with Crippen LogP contribution < -0.4 is 60.3 Å². The maximum Gasteiger partial charge on any atom is 0.124 e. The molecule has 6 N–H and O–H groups in total. The maximum atomic E-state index is 6.18. The molecular weight excluding hydrogens is 901 g/mol. The Morgan fingerprint density at radius 2 is 0.528 bits per heavy atom. The smallest absolute Gasteiger partial charge is 0.124 e. The second kappa shape index (κ2) is 23.3. The van der Waals surface area contributed by atoms with Crippen LogP contribution in [-0.2, 0) is 39.3 Å². The minimum Gasteiger partial charge on any atom is -0.496 e. The van der Waals surface area contributed by atoms with Gasteiger partial charge in [-0.1, -0.05) is 56.7 Å². The molecule has 0 saturated heterocycles. The van der Waals surface area contributed by atoms with E-state index in [-0.39, 0.29) is 0 Å². The fourth-order valence-corrected chi connectivity index (χ4v) is 12.7. The Morgan fingerprint density at radius 3 is 0.764 bits per heavy atom. The zero-order valence-electron chi connectivity index (χ0n) is 43.6. The third kappa shape index (κ3) is 10.7. The summed E-state index contributed by atoms with van der Waals surface area (Å²) in [5.41, 5.74) is 6.92. The van der Waals surface area contributed by atoms with E-state index in [0.29, 0.717) is 75.5 Å². The van der Waals surface area contributed by atoms with E-state index >= 15 is 0 Å². The first kappa shape index (κ1) is 50.2. The topological polar surface area (TPSA) is 128 Å². The number of hydrogen-bond acceptors (Lipinski definition) is 12. The Balaban J connectivity index is 1.00. The van der Waals surface area contributed by atoms with Crippen LogP contribution in [0.25, 0.3) is 32.3 Å². The van der Waals surface area contributed by atoms with Crippen molar-refractivity contribution in [3.05, 3.63) is 106 Å². The third-order valence-corrected chi connectivity index (χ3v) is 16.7. The Morgan fingerprint density at radius 1 is 0.292 bits per heavy atom. The number of benzene rings is 6. The van der Waals surface area contributed by atoms with Gasteiger partial charge >= 0.3 is 0 Å². The summed E-state index contributed by atoms with van der Waals surface area (Å²) in [6, 6.07) is 28.3. The minimum atomic E-state index is 0.293. The maximum absolute atomic E-state index is 6.18. The summed E-state index contributed by atoms with van der Waals surface area (Å²) in [5, 5.41) is 31.0. The van der Waals surface area contributed by atoms with Gasteiger partial charge in [-0.05, 0) is 125 Å². The molecule has 12 bridgehead atoms. The lowest BCUT2D eigenvalue weighted by molar-refractivity contribution is 0.279. The third-order valence-electron chi connectivity index (χ3n) is 16.7. The van der Waals surface area contributed by atoms with E-state index in [1.165, 1.54) is 54.7 Å². The molecular formula is C60H78N6O6. The fourth-order valence-electron chi connectivity index (χ4n) is 12.7. The van der Waals surface area contributed by atoms with Gasteiger partial charge < -0.3 is 60.3 Å². The molecule has 15 rings (SSSR count). The monoisotopic (exact) mass is 979 g/mol. The van der Waals surface area contributed by atoms with Gasteiger partial charge in [-0.3, -0.25) is 0 Å². The number of rotatable bonds is 6. The van der Waals surface area contributed by atoms with E-state index in [1.54, 1.807) is 42.7 Å². The highest BCUT2D eigenvalue weighted by atomic mass is 16.5. The molecule has 0 amide bonds. The van der Waals surface area contributed by atoms with Crippen molar-refractivity contribution in [2.75, 3.05) is 42.7 Å². The quantitative estimate of drug-likeness (QED) is 0.0952. The number of ether oxygens (including phenoxy) is 6. The van der Waals surface area contributed by atoms with E-state index in [1.807, 2.05) is 0 Å². The minimum absolute atomic E-state index is 0.293. The van der Waals surface area contributed by atoms with Crippen LogP contribution in [0.2, 0.25) is 0 Å². The SMILES string of the molecule is COc1cc2c3c(OC)ccc2cc1CN[C@@H]1CCCC[C@H]1NCc1c(OC)ccc2cc(c(OC)cc12)CN[C@@H]1CCCC[C@H]1NCc1c(OC)ccc2cc(c(OC)cc12)CN[C@@H]1CCCC[C@H]1NC3. The van der Waals surface area contributed by atoms with E-state index in [4.69, 9.17) is 28.4 Å². The molecule has 12 nitrogen and oxygen atoms in total. The van der Waals surface area contributed by atoms with Crippen LogP contribution >= 0.6 is 0 Å². The molecule has 0 radical (unpaired) electrons. The van der Waals surface area contributed by atoms with Crippen molar-refractivity contribution in [2.45, 2.75) is 153 Å². The molecule has 12 heteroatoms. The first-order valence-electron chi connectivity index (χ1n) is 26.8. The molecule has 6 aromatic carbocycles. The van der Waals surface area contributed by atoms with Gasteiger partial charge in [-0.25, -0.2) is 0 Å². The molecule has 9 aliphatic rings. The Kier molecular flexibility index (Phi) is 16.2. The van der Waals surface area contributed by atoms with Gasteiger partial charge in [-0.2, -0.15) is 0 Å². The summed E-state index contributed by atoms with van der Waals surface area (Å²) in [4.78, 5) is 0. The Bertz CT molecular complexity index is 2530. The van der Waals surface area contributed by atoms with Gasteiger partial charge in [0, 0.05) is 109 Å². The lowest BCUT2D eigenvalue weighted by Gasteiger charge is -2.34. The molecule has 0 spiro atoms. The van der Waals surface area contributed by atoms with Crippen molar-refractivity contribution >= 4 is 32.3 Å². The molecule has 384 valence electrons. The standard InChI is InChI=1S/C60H78N6O6/c1-67-55-22-19-37-25-40-31-62-50-14-8-11-17-53(50)65-35-47-45-30-60(72-6)42(27-39(45)21-24-57(47)69-3)33-63-51-15-9-12-18-54(51)66-36-48-44-29-59(71-5)41(26-38(44)20-23-56(48)68-2)32-61-49-13-7-10-16-52(49)64-34-46(55)43(37)28-58(40)70-4/h19-30,49-54,61-66H,7-18,31-36H2,1-6H3/t49-,50-,51-,52-,53-,54-/m1/s1. The highest BCUT2D eigenvalue weighted by Crippen LogP contribution is 2.38. The summed E-state index contributed by atoms with van der Waals surface area (Å²) >= 11 is 0. The molecule has 6 atom stereocenters.